The lowest BCUT2D eigenvalue weighted by atomic mass is 10.2. The number of anilines is 1. The van der Waals surface area contributed by atoms with Gasteiger partial charge in [-0.05, 0) is 29.5 Å². The molecule has 0 aliphatic carbocycles. The number of carbonyl (C=O) groups excluding carboxylic acids is 1. The quantitative estimate of drug-likeness (QED) is 0.587. The first-order chi connectivity index (χ1) is 14.7. The zero-order valence-electron chi connectivity index (χ0n) is 16.8. The molecule has 2 aromatic carbocycles. The summed E-state index contributed by atoms with van der Waals surface area (Å²) in [7, 11) is 1.67. The molecule has 0 bridgehead atoms. The van der Waals surface area contributed by atoms with E-state index in [2.05, 4.69) is 20.3 Å². The van der Waals surface area contributed by atoms with Gasteiger partial charge in [-0.2, -0.15) is 4.80 Å². The third kappa shape index (κ3) is 4.68. The lowest BCUT2D eigenvalue weighted by Crippen LogP contribution is -2.49. The SMILES string of the molecule is COc1ccccc1N1CCN(C(=O)Cn2nnc(COc3ccccc3)n2)CC1. The van der Waals surface area contributed by atoms with Crippen LogP contribution in [0.1, 0.15) is 5.82 Å². The molecule has 0 radical (unpaired) electrons. The molecule has 9 nitrogen and oxygen atoms in total. The fourth-order valence-corrected chi connectivity index (χ4v) is 3.37. The van der Waals surface area contributed by atoms with Gasteiger partial charge >= 0.3 is 0 Å². The third-order valence-corrected chi connectivity index (χ3v) is 4.94. The first-order valence-electron chi connectivity index (χ1n) is 9.83. The van der Waals surface area contributed by atoms with E-state index in [1.807, 2.05) is 59.5 Å². The Bertz CT molecular complexity index is 970. The van der Waals surface area contributed by atoms with Crippen LogP contribution < -0.4 is 14.4 Å². The molecular weight excluding hydrogens is 384 g/mol. The predicted molar refractivity (Wildman–Crippen MR) is 110 cm³/mol. The minimum atomic E-state index is -0.0254. The molecule has 2 heterocycles. The van der Waals surface area contributed by atoms with Crippen LogP contribution in [-0.2, 0) is 17.9 Å². The summed E-state index contributed by atoms with van der Waals surface area (Å²) in [5, 5.41) is 12.2. The second kappa shape index (κ2) is 9.25. The number of aromatic nitrogens is 4. The molecule has 0 saturated carbocycles. The number of hydrogen-bond donors (Lipinski definition) is 0. The van der Waals surface area contributed by atoms with Gasteiger partial charge in [0.05, 0.1) is 12.8 Å². The molecule has 3 aromatic rings. The fraction of sp³-hybridized carbons (Fsp3) is 0.333. The normalized spacial score (nSPS) is 13.9. The van der Waals surface area contributed by atoms with Crippen molar-refractivity contribution in [2.45, 2.75) is 13.2 Å². The van der Waals surface area contributed by atoms with Gasteiger partial charge in [-0.3, -0.25) is 4.79 Å². The van der Waals surface area contributed by atoms with E-state index in [9.17, 15) is 4.79 Å². The Kier molecular flexibility index (Phi) is 6.07. The summed E-state index contributed by atoms with van der Waals surface area (Å²) in [5.74, 6) is 1.99. The van der Waals surface area contributed by atoms with Crippen LogP contribution in [0, 0.1) is 0 Å². The number of carbonyl (C=O) groups is 1. The minimum absolute atomic E-state index is 0.0254. The Labute approximate surface area is 174 Å². The highest BCUT2D eigenvalue weighted by Gasteiger charge is 2.23. The van der Waals surface area contributed by atoms with Crippen molar-refractivity contribution in [1.82, 2.24) is 25.1 Å². The van der Waals surface area contributed by atoms with Crippen LogP contribution in [0.25, 0.3) is 0 Å². The zero-order valence-corrected chi connectivity index (χ0v) is 16.8. The van der Waals surface area contributed by atoms with Crippen molar-refractivity contribution < 1.29 is 14.3 Å². The van der Waals surface area contributed by atoms with Crippen LogP contribution in [-0.4, -0.2) is 64.3 Å². The van der Waals surface area contributed by atoms with Crippen LogP contribution in [0.3, 0.4) is 0 Å². The molecular formula is C21H24N6O3. The summed E-state index contributed by atoms with van der Waals surface area (Å²) in [4.78, 5) is 18.0. The van der Waals surface area contributed by atoms with Crippen LogP contribution in [0.2, 0.25) is 0 Å². The highest BCUT2D eigenvalue weighted by atomic mass is 16.5. The zero-order chi connectivity index (χ0) is 20.8. The van der Waals surface area contributed by atoms with E-state index in [1.165, 1.54) is 4.80 Å². The van der Waals surface area contributed by atoms with E-state index >= 15 is 0 Å². The molecule has 0 unspecified atom stereocenters. The molecule has 1 fully saturated rings. The largest absolute Gasteiger partial charge is 0.495 e. The highest BCUT2D eigenvalue weighted by molar-refractivity contribution is 5.76. The van der Waals surface area contributed by atoms with Gasteiger partial charge in [-0.15, -0.1) is 10.2 Å². The summed E-state index contributed by atoms with van der Waals surface area (Å²) >= 11 is 0. The molecule has 0 spiro atoms. The van der Waals surface area contributed by atoms with Gasteiger partial charge in [0.15, 0.2) is 6.61 Å². The Morgan fingerprint density at radius 3 is 2.50 bits per heavy atom. The van der Waals surface area contributed by atoms with Gasteiger partial charge in [0, 0.05) is 26.2 Å². The smallest absolute Gasteiger partial charge is 0.246 e. The average Bonchev–Trinajstić information content (AvgIpc) is 3.25. The summed E-state index contributed by atoms with van der Waals surface area (Å²) < 4.78 is 11.1. The van der Waals surface area contributed by atoms with Gasteiger partial charge in [-0.1, -0.05) is 30.3 Å². The minimum Gasteiger partial charge on any atom is -0.495 e. The molecule has 1 aliphatic heterocycles. The highest BCUT2D eigenvalue weighted by Crippen LogP contribution is 2.28. The van der Waals surface area contributed by atoms with Crippen molar-refractivity contribution >= 4 is 11.6 Å². The van der Waals surface area contributed by atoms with Crippen molar-refractivity contribution in [3.8, 4) is 11.5 Å². The predicted octanol–water partition coefficient (Wildman–Crippen LogP) is 1.61. The molecule has 1 saturated heterocycles. The maximum Gasteiger partial charge on any atom is 0.246 e. The maximum absolute atomic E-state index is 12.6. The Balaban J connectivity index is 1.27. The summed E-state index contributed by atoms with van der Waals surface area (Å²) in [6.45, 7) is 3.02. The van der Waals surface area contributed by atoms with E-state index < -0.39 is 0 Å². The number of tetrazole rings is 1. The van der Waals surface area contributed by atoms with E-state index in [0.29, 0.717) is 18.9 Å². The average molecular weight is 408 g/mol. The van der Waals surface area contributed by atoms with Crippen molar-refractivity contribution in [1.29, 1.82) is 0 Å². The number of nitrogens with zero attached hydrogens (tertiary/aromatic N) is 6. The molecule has 1 aliphatic rings. The second-order valence-corrected chi connectivity index (χ2v) is 6.88. The van der Waals surface area contributed by atoms with Crippen LogP contribution in [0.4, 0.5) is 5.69 Å². The molecule has 1 amide bonds. The van der Waals surface area contributed by atoms with E-state index in [1.54, 1.807) is 7.11 Å². The molecule has 9 heteroatoms. The number of rotatable bonds is 7. The molecule has 156 valence electrons. The van der Waals surface area contributed by atoms with Gasteiger partial charge in [0.25, 0.3) is 0 Å². The lowest BCUT2D eigenvalue weighted by Gasteiger charge is -2.36. The number of ether oxygens (including phenoxy) is 2. The number of hydrogen-bond acceptors (Lipinski definition) is 7. The van der Waals surface area contributed by atoms with Gasteiger partial charge in [-0.25, -0.2) is 0 Å². The fourth-order valence-electron chi connectivity index (χ4n) is 3.37. The number of amides is 1. The standard InChI is InChI=1S/C21H24N6O3/c1-29-19-10-6-5-9-18(19)25-11-13-26(14-12-25)21(28)15-27-23-20(22-24-27)16-30-17-7-3-2-4-8-17/h2-10H,11-16H2,1H3. The van der Waals surface area contributed by atoms with Gasteiger partial charge in [0.2, 0.25) is 11.7 Å². The Hall–Kier alpha value is -3.62. The first-order valence-corrected chi connectivity index (χ1v) is 9.83. The van der Waals surface area contributed by atoms with Gasteiger partial charge in [0.1, 0.15) is 18.0 Å². The van der Waals surface area contributed by atoms with Crippen LogP contribution >= 0.6 is 0 Å². The van der Waals surface area contributed by atoms with Gasteiger partial charge < -0.3 is 19.3 Å². The monoisotopic (exact) mass is 408 g/mol. The van der Waals surface area contributed by atoms with E-state index in [-0.39, 0.29) is 19.1 Å². The molecule has 30 heavy (non-hydrogen) atoms. The summed E-state index contributed by atoms with van der Waals surface area (Å²) in [5.41, 5.74) is 1.05. The Morgan fingerprint density at radius 2 is 1.73 bits per heavy atom. The number of para-hydroxylation sites is 3. The summed E-state index contributed by atoms with van der Waals surface area (Å²) in [6, 6.07) is 17.4. The number of methoxy groups -OCH3 is 1. The van der Waals surface area contributed by atoms with E-state index in [4.69, 9.17) is 9.47 Å². The molecule has 0 N–H and O–H groups in total. The lowest BCUT2D eigenvalue weighted by molar-refractivity contribution is -0.132. The maximum atomic E-state index is 12.6. The Morgan fingerprint density at radius 1 is 1.00 bits per heavy atom. The molecule has 0 atom stereocenters. The number of piperazine rings is 1. The molecule has 1 aromatic heterocycles. The van der Waals surface area contributed by atoms with Crippen LogP contribution in [0.5, 0.6) is 11.5 Å². The topological polar surface area (TPSA) is 85.6 Å². The van der Waals surface area contributed by atoms with Crippen molar-refractivity contribution in [2.75, 3.05) is 38.2 Å². The second-order valence-electron chi connectivity index (χ2n) is 6.88. The third-order valence-electron chi connectivity index (χ3n) is 4.94. The molecule has 4 rings (SSSR count). The van der Waals surface area contributed by atoms with Crippen molar-refractivity contribution in [2.24, 2.45) is 0 Å². The van der Waals surface area contributed by atoms with Crippen molar-refractivity contribution in [3.05, 3.63) is 60.4 Å². The van der Waals surface area contributed by atoms with Crippen molar-refractivity contribution in [3.63, 3.8) is 0 Å². The van der Waals surface area contributed by atoms with E-state index in [0.717, 1.165) is 30.3 Å². The first kappa shape index (κ1) is 19.7. The summed E-state index contributed by atoms with van der Waals surface area (Å²) in [6.07, 6.45) is 0. The van der Waals surface area contributed by atoms with Crippen LogP contribution in [0.15, 0.2) is 54.6 Å². The number of benzene rings is 2.